The molecule has 0 fully saturated rings. The van der Waals surface area contributed by atoms with Crippen molar-refractivity contribution in [1.82, 2.24) is 14.7 Å². The van der Waals surface area contributed by atoms with Gasteiger partial charge >= 0.3 is 0 Å². The van der Waals surface area contributed by atoms with E-state index in [0.29, 0.717) is 0 Å². The van der Waals surface area contributed by atoms with Crippen molar-refractivity contribution in [1.29, 1.82) is 0 Å². The van der Waals surface area contributed by atoms with Crippen molar-refractivity contribution in [3.63, 3.8) is 0 Å². The lowest BCUT2D eigenvalue weighted by Crippen LogP contribution is -2.30. The maximum atomic E-state index is 9.51. The van der Waals surface area contributed by atoms with E-state index in [1.54, 1.807) is 6.20 Å². The number of benzene rings is 3. The Bertz CT molecular complexity index is 960. The van der Waals surface area contributed by atoms with Gasteiger partial charge in [-0.3, -0.25) is 4.90 Å². The van der Waals surface area contributed by atoms with Crippen LogP contribution in [-0.2, 0) is 6.54 Å². The van der Waals surface area contributed by atoms with Crippen LogP contribution in [0.25, 0.3) is 5.69 Å². The van der Waals surface area contributed by atoms with E-state index < -0.39 is 0 Å². The summed E-state index contributed by atoms with van der Waals surface area (Å²) in [6.07, 6.45) is 4.47. The highest BCUT2D eigenvalue weighted by molar-refractivity contribution is 5.35. The van der Waals surface area contributed by atoms with Gasteiger partial charge in [0.05, 0.1) is 11.7 Å². The van der Waals surface area contributed by atoms with E-state index in [1.807, 2.05) is 16.9 Å². The summed E-state index contributed by atoms with van der Waals surface area (Å²) < 4.78 is 1.87. The molecule has 4 heteroatoms. The molecule has 4 aromatic rings. The molecule has 0 radical (unpaired) electrons. The van der Waals surface area contributed by atoms with E-state index in [0.717, 1.165) is 25.2 Å². The molecule has 3 aromatic carbocycles. The molecule has 1 aromatic heterocycles. The van der Waals surface area contributed by atoms with Gasteiger partial charge in [0.2, 0.25) is 0 Å². The van der Waals surface area contributed by atoms with Crippen molar-refractivity contribution in [3.8, 4) is 5.69 Å². The average molecular weight is 398 g/mol. The summed E-state index contributed by atoms with van der Waals surface area (Å²) in [5, 5.41) is 13.8. The monoisotopic (exact) mass is 397 g/mol. The quantitative estimate of drug-likeness (QED) is 0.439. The fourth-order valence-electron chi connectivity index (χ4n) is 3.87. The number of aliphatic hydroxyl groups is 1. The van der Waals surface area contributed by atoms with Crippen LogP contribution in [0.2, 0.25) is 0 Å². The summed E-state index contributed by atoms with van der Waals surface area (Å²) in [7, 11) is 0. The van der Waals surface area contributed by atoms with Crippen LogP contribution in [0.1, 0.15) is 29.2 Å². The minimum Gasteiger partial charge on any atom is -0.396 e. The van der Waals surface area contributed by atoms with Crippen LogP contribution in [0.5, 0.6) is 0 Å². The molecule has 0 amide bonds. The number of rotatable bonds is 9. The zero-order valence-electron chi connectivity index (χ0n) is 17.0. The Kier molecular flexibility index (Phi) is 6.70. The highest BCUT2D eigenvalue weighted by Crippen LogP contribution is 2.30. The first kappa shape index (κ1) is 20.1. The Morgan fingerprint density at radius 2 is 1.43 bits per heavy atom. The van der Waals surface area contributed by atoms with Gasteiger partial charge in [-0.2, -0.15) is 5.10 Å². The van der Waals surface area contributed by atoms with Gasteiger partial charge in [-0.15, -0.1) is 0 Å². The van der Waals surface area contributed by atoms with Crippen LogP contribution in [0, 0.1) is 0 Å². The van der Waals surface area contributed by atoms with E-state index in [2.05, 4.69) is 94.9 Å². The number of aliphatic hydroxyl groups excluding tert-OH is 1. The second kappa shape index (κ2) is 10.0. The molecule has 0 bridgehead atoms. The maximum Gasteiger partial charge on any atom is 0.0645 e. The Balaban J connectivity index is 1.64. The SMILES string of the molecule is OCCCN(Cc1ccc(-n2cccn2)cc1)C(c1ccccc1)c1ccccc1. The van der Waals surface area contributed by atoms with Gasteiger partial charge in [-0.05, 0) is 41.3 Å². The fraction of sp³-hybridized carbons (Fsp3) is 0.192. The Hall–Kier alpha value is -3.21. The molecule has 0 atom stereocenters. The van der Waals surface area contributed by atoms with E-state index in [4.69, 9.17) is 0 Å². The van der Waals surface area contributed by atoms with Crippen molar-refractivity contribution in [2.24, 2.45) is 0 Å². The lowest BCUT2D eigenvalue weighted by Gasteiger charge is -2.33. The number of hydrogen-bond donors (Lipinski definition) is 1. The summed E-state index contributed by atoms with van der Waals surface area (Å²) in [5.74, 6) is 0. The minimum absolute atomic E-state index is 0.129. The van der Waals surface area contributed by atoms with Crippen LogP contribution in [0.3, 0.4) is 0 Å². The number of nitrogens with zero attached hydrogens (tertiary/aromatic N) is 3. The van der Waals surface area contributed by atoms with Crippen LogP contribution >= 0.6 is 0 Å². The van der Waals surface area contributed by atoms with Crippen molar-refractivity contribution in [3.05, 3.63) is 120 Å². The predicted molar refractivity (Wildman–Crippen MR) is 120 cm³/mol. The number of hydrogen-bond acceptors (Lipinski definition) is 3. The molecular weight excluding hydrogens is 370 g/mol. The minimum atomic E-state index is 0.129. The molecule has 0 saturated carbocycles. The second-order valence-corrected chi connectivity index (χ2v) is 7.39. The first-order valence-corrected chi connectivity index (χ1v) is 10.4. The topological polar surface area (TPSA) is 41.3 Å². The van der Waals surface area contributed by atoms with E-state index in [9.17, 15) is 5.11 Å². The van der Waals surface area contributed by atoms with Gasteiger partial charge in [-0.1, -0.05) is 72.8 Å². The van der Waals surface area contributed by atoms with Crippen molar-refractivity contribution >= 4 is 0 Å². The Morgan fingerprint density at radius 1 is 0.800 bits per heavy atom. The third kappa shape index (κ3) is 4.85. The zero-order chi connectivity index (χ0) is 20.6. The molecule has 0 saturated heterocycles. The van der Waals surface area contributed by atoms with Gasteiger partial charge in [0.1, 0.15) is 0 Å². The van der Waals surface area contributed by atoms with Crippen LogP contribution in [0.4, 0.5) is 0 Å². The average Bonchev–Trinajstić information content (AvgIpc) is 3.34. The van der Waals surface area contributed by atoms with E-state index >= 15 is 0 Å². The lowest BCUT2D eigenvalue weighted by atomic mass is 9.96. The number of aromatic nitrogens is 2. The molecule has 0 aliphatic heterocycles. The normalized spacial score (nSPS) is 11.3. The highest BCUT2D eigenvalue weighted by Gasteiger charge is 2.22. The van der Waals surface area contributed by atoms with Crippen molar-refractivity contribution in [2.45, 2.75) is 19.0 Å². The molecule has 4 nitrogen and oxygen atoms in total. The highest BCUT2D eigenvalue weighted by atomic mass is 16.3. The van der Waals surface area contributed by atoms with Gasteiger partial charge in [0.15, 0.2) is 0 Å². The molecule has 0 unspecified atom stereocenters. The smallest absolute Gasteiger partial charge is 0.0645 e. The van der Waals surface area contributed by atoms with Crippen molar-refractivity contribution in [2.75, 3.05) is 13.2 Å². The van der Waals surface area contributed by atoms with Crippen LogP contribution in [-0.4, -0.2) is 32.9 Å². The molecule has 4 rings (SSSR count). The predicted octanol–water partition coefficient (Wildman–Crippen LogP) is 4.85. The second-order valence-electron chi connectivity index (χ2n) is 7.39. The molecule has 1 heterocycles. The lowest BCUT2D eigenvalue weighted by molar-refractivity contribution is 0.187. The largest absolute Gasteiger partial charge is 0.396 e. The van der Waals surface area contributed by atoms with Crippen LogP contribution in [0.15, 0.2) is 103 Å². The fourth-order valence-corrected chi connectivity index (χ4v) is 3.87. The maximum absolute atomic E-state index is 9.51. The van der Waals surface area contributed by atoms with Crippen LogP contribution < -0.4 is 0 Å². The summed E-state index contributed by atoms with van der Waals surface area (Å²) in [6, 6.07) is 31.8. The molecule has 0 aliphatic carbocycles. The third-order valence-electron chi connectivity index (χ3n) is 5.29. The standard InChI is InChI=1S/C26H27N3O/c30-20-8-18-28(21-22-13-15-25(16-14-22)29-19-7-17-27-29)26(23-9-3-1-4-10-23)24-11-5-2-6-12-24/h1-7,9-17,19,26,30H,8,18,20-21H2. The molecular formula is C26H27N3O. The zero-order valence-corrected chi connectivity index (χ0v) is 17.0. The molecule has 0 aliphatic rings. The summed E-state index contributed by atoms with van der Waals surface area (Å²) >= 11 is 0. The van der Waals surface area contributed by atoms with Crippen molar-refractivity contribution < 1.29 is 5.11 Å². The molecule has 30 heavy (non-hydrogen) atoms. The third-order valence-corrected chi connectivity index (χ3v) is 5.29. The molecule has 0 spiro atoms. The van der Waals surface area contributed by atoms with E-state index in [1.165, 1.54) is 16.7 Å². The molecule has 152 valence electrons. The van der Waals surface area contributed by atoms with Gasteiger partial charge in [0, 0.05) is 32.1 Å². The Morgan fingerprint density at radius 3 is 1.97 bits per heavy atom. The summed E-state index contributed by atoms with van der Waals surface area (Å²) in [5.41, 5.74) is 4.80. The van der Waals surface area contributed by atoms with E-state index in [-0.39, 0.29) is 12.6 Å². The Labute approximate surface area is 178 Å². The first-order valence-electron chi connectivity index (χ1n) is 10.4. The van der Waals surface area contributed by atoms with Gasteiger partial charge in [-0.25, -0.2) is 4.68 Å². The molecule has 1 N–H and O–H groups in total. The summed E-state index contributed by atoms with van der Waals surface area (Å²) in [6.45, 7) is 1.80. The first-order chi connectivity index (χ1) is 14.8. The summed E-state index contributed by atoms with van der Waals surface area (Å²) in [4.78, 5) is 2.45. The van der Waals surface area contributed by atoms with Gasteiger partial charge in [0.25, 0.3) is 0 Å². The van der Waals surface area contributed by atoms with Gasteiger partial charge < -0.3 is 5.11 Å².